The van der Waals surface area contributed by atoms with Crippen molar-refractivity contribution in [3.05, 3.63) is 65.7 Å². The molecule has 0 unspecified atom stereocenters. The molecule has 2 atom stereocenters. The van der Waals surface area contributed by atoms with Crippen LogP contribution in [0.15, 0.2) is 54.6 Å². The summed E-state index contributed by atoms with van der Waals surface area (Å²) in [5.74, 6) is 1.28. The fourth-order valence-corrected chi connectivity index (χ4v) is 4.01. The van der Waals surface area contributed by atoms with Crippen molar-refractivity contribution in [3.63, 3.8) is 0 Å². The molecule has 1 aliphatic heterocycles. The number of piperidine rings is 1. The van der Waals surface area contributed by atoms with E-state index in [9.17, 15) is 9.59 Å². The number of methoxy groups -OCH3 is 1. The Bertz CT molecular complexity index is 827. The summed E-state index contributed by atoms with van der Waals surface area (Å²) >= 11 is 0. The topological polar surface area (TPSA) is 58.6 Å². The monoisotopic (exact) mass is 408 g/mol. The second-order valence-electron chi connectivity index (χ2n) is 8.14. The summed E-state index contributed by atoms with van der Waals surface area (Å²) in [4.78, 5) is 27.6. The van der Waals surface area contributed by atoms with Crippen LogP contribution < -0.4 is 10.1 Å². The molecular weight excluding hydrogens is 376 g/mol. The van der Waals surface area contributed by atoms with Crippen LogP contribution in [0.3, 0.4) is 0 Å². The van der Waals surface area contributed by atoms with Gasteiger partial charge < -0.3 is 10.1 Å². The maximum absolute atomic E-state index is 12.8. The van der Waals surface area contributed by atoms with Crippen LogP contribution in [0.4, 0.5) is 0 Å². The van der Waals surface area contributed by atoms with Crippen LogP contribution in [0.25, 0.3) is 0 Å². The van der Waals surface area contributed by atoms with Gasteiger partial charge in [0, 0.05) is 18.0 Å². The van der Waals surface area contributed by atoms with Gasteiger partial charge in [-0.15, -0.1) is 0 Å². The van der Waals surface area contributed by atoms with E-state index in [0.29, 0.717) is 6.54 Å². The molecule has 0 radical (unpaired) electrons. The largest absolute Gasteiger partial charge is 0.497 e. The summed E-state index contributed by atoms with van der Waals surface area (Å²) in [5, 5.41) is 3.09. The smallest absolute Gasteiger partial charge is 0.237 e. The second-order valence-corrected chi connectivity index (χ2v) is 8.14. The number of Topliss-reactive ketones (excluding diaryl/α,β-unsaturated/α-hetero) is 1. The third kappa shape index (κ3) is 5.48. The van der Waals surface area contributed by atoms with Gasteiger partial charge in [0.1, 0.15) is 5.75 Å². The molecule has 0 saturated carbocycles. The molecule has 30 heavy (non-hydrogen) atoms. The number of carbonyl (C=O) groups excluding carboxylic acids is 2. The van der Waals surface area contributed by atoms with Gasteiger partial charge in [0.25, 0.3) is 0 Å². The first kappa shape index (κ1) is 22.0. The van der Waals surface area contributed by atoms with Gasteiger partial charge in [-0.1, -0.05) is 37.3 Å². The number of ketones is 1. The lowest BCUT2D eigenvalue weighted by Gasteiger charge is -2.35. The minimum Gasteiger partial charge on any atom is -0.497 e. The van der Waals surface area contributed by atoms with E-state index in [-0.39, 0.29) is 29.6 Å². The van der Waals surface area contributed by atoms with Crippen LogP contribution in [0.2, 0.25) is 0 Å². The number of hydrogen-bond acceptors (Lipinski definition) is 4. The molecule has 1 N–H and O–H groups in total. The number of rotatable bonds is 8. The van der Waals surface area contributed by atoms with E-state index in [1.165, 1.54) is 5.56 Å². The average Bonchev–Trinajstić information content (AvgIpc) is 2.82. The minimum atomic E-state index is -0.190. The van der Waals surface area contributed by atoms with Crippen LogP contribution in [-0.4, -0.2) is 49.4 Å². The Morgan fingerprint density at radius 3 is 2.27 bits per heavy atom. The number of ether oxygens (including phenoxy) is 1. The maximum atomic E-state index is 12.8. The molecule has 2 aromatic rings. The summed E-state index contributed by atoms with van der Waals surface area (Å²) in [6, 6.07) is 17.3. The fraction of sp³-hybridized carbons (Fsp3) is 0.440. The highest BCUT2D eigenvalue weighted by molar-refractivity contribution is 5.98. The summed E-state index contributed by atoms with van der Waals surface area (Å²) in [5.41, 5.74) is 1.96. The molecule has 2 aromatic carbocycles. The van der Waals surface area contributed by atoms with E-state index in [0.717, 1.165) is 37.2 Å². The van der Waals surface area contributed by atoms with Crippen LogP contribution in [0, 0.1) is 5.92 Å². The normalized spacial score (nSPS) is 17.2. The van der Waals surface area contributed by atoms with Crippen molar-refractivity contribution in [2.24, 2.45) is 5.92 Å². The van der Waals surface area contributed by atoms with E-state index in [1.54, 1.807) is 7.11 Å². The van der Waals surface area contributed by atoms with E-state index in [4.69, 9.17) is 4.74 Å². The summed E-state index contributed by atoms with van der Waals surface area (Å²) in [6.07, 6.45) is 1.56. The number of carbonyl (C=O) groups is 2. The first-order valence-corrected chi connectivity index (χ1v) is 10.7. The molecule has 1 fully saturated rings. The molecule has 1 saturated heterocycles. The summed E-state index contributed by atoms with van der Waals surface area (Å²) in [7, 11) is 1.62. The SMILES string of the molecule is COc1ccc(C(=O)C2CCN([C@@H](C)C(=O)NC[C@H](C)c3ccccc3)CC2)cc1. The van der Waals surface area contributed by atoms with Gasteiger partial charge >= 0.3 is 0 Å². The maximum Gasteiger partial charge on any atom is 0.237 e. The van der Waals surface area contributed by atoms with Crippen molar-refractivity contribution >= 4 is 11.7 Å². The Labute approximate surface area is 179 Å². The zero-order valence-corrected chi connectivity index (χ0v) is 18.1. The molecule has 3 rings (SSSR count). The zero-order valence-electron chi connectivity index (χ0n) is 18.1. The Morgan fingerprint density at radius 2 is 1.67 bits per heavy atom. The van der Waals surface area contributed by atoms with Crippen molar-refractivity contribution in [2.45, 2.75) is 38.6 Å². The quantitative estimate of drug-likeness (QED) is 0.673. The Balaban J connectivity index is 1.46. The third-order valence-corrected chi connectivity index (χ3v) is 6.15. The van der Waals surface area contributed by atoms with Crippen molar-refractivity contribution < 1.29 is 14.3 Å². The molecule has 0 aliphatic carbocycles. The van der Waals surface area contributed by atoms with E-state index < -0.39 is 0 Å². The first-order valence-electron chi connectivity index (χ1n) is 10.7. The average molecular weight is 409 g/mol. The zero-order chi connectivity index (χ0) is 21.5. The molecule has 0 aromatic heterocycles. The van der Waals surface area contributed by atoms with Crippen molar-refractivity contribution in [1.29, 1.82) is 0 Å². The lowest BCUT2D eigenvalue weighted by atomic mass is 9.88. The predicted octanol–water partition coefficient (Wildman–Crippen LogP) is 3.90. The van der Waals surface area contributed by atoms with Gasteiger partial charge in [-0.05, 0) is 68.6 Å². The molecule has 5 nitrogen and oxygen atoms in total. The molecule has 1 amide bonds. The van der Waals surface area contributed by atoms with Gasteiger partial charge in [0.15, 0.2) is 5.78 Å². The van der Waals surface area contributed by atoms with E-state index in [2.05, 4.69) is 29.3 Å². The Kier molecular flexibility index (Phi) is 7.63. The highest BCUT2D eigenvalue weighted by Crippen LogP contribution is 2.24. The molecule has 0 spiro atoms. The van der Waals surface area contributed by atoms with Crippen molar-refractivity contribution in [2.75, 3.05) is 26.7 Å². The van der Waals surface area contributed by atoms with E-state index in [1.807, 2.05) is 49.4 Å². The predicted molar refractivity (Wildman–Crippen MR) is 119 cm³/mol. The number of benzene rings is 2. The number of nitrogens with one attached hydrogen (secondary N) is 1. The van der Waals surface area contributed by atoms with Gasteiger partial charge in [0.2, 0.25) is 5.91 Å². The van der Waals surface area contributed by atoms with Gasteiger partial charge in [0.05, 0.1) is 13.2 Å². The van der Waals surface area contributed by atoms with Crippen LogP contribution in [0.1, 0.15) is 48.5 Å². The third-order valence-electron chi connectivity index (χ3n) is 6.15. The van der Waals surface area contributed by atoms with Gasteiger partial charge in [-0.3, -0.25) is 14.5 Å². The van der Waals surface area contributed by atoms with Crippen LogP contribution in [0.5, 0.6) is 5.75 Å². The Hall–Kier alpha value is -2.66. The first-order chi connectivity index (χ1) is 14.5. The highest BCUT2D eigenvalue weighted by atomic mass is 16.5. The number of likely N-dealkylation sites (tertiary alicyclic amines) is 1. The summed E-state index contributed by atoms with van der Waals surface area (Å²) < 4.78 is 5.16. The number of hydrogen-bond donors (Lipinski definition) is 1. The molecule has 1 heterocycles. The van der Waals surface area contributed by atoms with Crippen LogP contribution >= 0.6 is 0 Å². The van der Waals surface area contributed by atoms with Gasteiger partial charge in [-0.2, -0.15) is 0 Å². The number of amides is 1. The molecule has 0 bridgehead atoms. The lowest BCUT2D eigenvalue weighted by molar-refractivity contribution is -0.126. The summed E-state index contributed by atoms with van der Waals surface area (Å²) in [6.45, 7) is 6.22. The second kappa shape index (κ2) is 10.4. The fourth-order valence-electron chi connectivity index (χ4n) is 4.01. The molecular formula is C25H32N2O3. The highest BCUT2D eigenvalue weighted by Gasteiger charge is 2.30. The molecule has 160 valence electrons. The molecule has 1 aliphatic rings. The lowest BCUT2D eigenvalue weighted by Crippen LogP contribution is -2.49. The van der Waals surface area contributed by atoms with Crippen molar-refractivity contribution in [3.8, 4) is 5.75 Å². The Morgan fingerprint density at radius 1 is 1.03 bits per heavy atom. The minimum absolute atomic E-state index is 0.0167. The number of nitrogens with zero attached hydrogens (tertiary/aromatic N) is 1. The van der Waals surface area contributed by atoms with Crippen LogP contribution in [-0.2, 0) is 4.79 Å². The van der Waals surface area contributed by atoms with Gasteiger partial charge in [-0.25, -0.2) is 0 Å². The standard InChI is InChI=1S/C25H32N2O3/c1-18(20-7-5-4-6-8-20)17-26-25(29)19(2)27-15-13-22(14-16-27)24(28)21-9-11-23(30-3)12-10-21/h4-12,18-19,22H,13-17H2,1-3H3,(H,26,29)/t18-,19-/m0/s1. The van der Waals surface area contributed by atoms with E-state index >= 15 is 0 Å². The van der Waals surface area contributed by atoms with Crippen molar-refractivity contribution in [1.82, 2.24) is 10.2 Å². The molecule has 5 heteroatoms.